The molecule has 1 aromatic carbocycles. The van der Waals surface area contributed by atoms with Crippen molar-refractivity contribution in [2.24, 2.45) is 5.92 Å². The zero-order valence-corrected chi connectivity index (χ0v) is 13.9. The fourth-order valence-corrected chi connectivity index (χ4v) is 2.16. The zero-order valence-electron chi connectivity index (χ0n) is 12.4. The van der Waals surface area contributed by atoms with Crippen molar-refractivity contribution in [1.82, 2.24) is 0 Å². The third kappa shape index (κ3) is 4.73. The first-order valence-electron chi connectivity index (χ1n) is 6.90. The molecular weight excluding hydrogens is 348 g/mol. The van der Waals surface area contributed by atoms with Gasteiger partial charge >= 0.3 is 0 Å². The fourth-order valence-electron chi connectivity index (χ4n) is 1.85. The summed E-state index contributed by atoms with van der Waals surface area (Å²) in [5.41, 5.74) is 1.32. The van der Waals surface area contributed by atoms with Crippen LogP contribution < -0.4 is 10.6 Å². The standard InChI is InChI=1S/C16H17BrN2O3/c1-10(2)9-15(20)18-11-3-5-12(6-4-11)19-16(21)13-7-8-14(17)22-13/h3-8,10H,9H2,1-2H3,(H,18,20)(H,19,21). The molecule has 116 valence electrons. The van der Waals surface area contributed by atoms with Crippen molar-refractivity contribution in [3.8, 4) is 0 Å². The van der Waals surface area contributed by atoms with Crippen LogP contribution in [-0.2, 0) is 4.79 Å². The Kier molecular flexibility index (Phi) is 5.38. The normalized spacial score (nSPS) is 10.5. The number of hydrogen-bond donors (Lipinski definition) is 2. The van der Waals surface area contributed by atoms with Gasteiger partial charge in [-0.2, -0.15) is 0 Å². The molecule has 0 fully saturated rings. The molecule has 2 N–H and O–H groups in total. The number of amides is 2. The van der Waals surface area contributed by atoms with Gasteiger partial charge in [0.05, 0.1) is 0 Å². The van der Waals surface area contributed by atoms with E-state index >= 15 is 0 Å². The molecule has 1 heterocycles. The van der Waals surface area contributed by atoms with E-state index in [0.717, 1.165) is 0 Å². The Balaban J connectivity index is 1.94. The van der Waals surface area contributed by atoms with E-state index in [0.29, 0.717) is 28.4 Å². The number of benzene rings is 1. The molecule has 0 radical (unpaired) electrons. The third-order valence-electron chi connectivity index (χ3n) is 2.82. The van der Waals surface area contributed by atoms with Crippen molar-refractivity contribution in [2.45, 2.75) is 20.3 Å². The first-order chi connectivity index (χ1) is 10.4. The molecule has 1 aromatic heterocycles. The van der Waals surface area contributed by atoms with E-state index in [9.17, 15) is 9.59 Å². The van der Waals surface area contributed by atoms with Crippen molar-refractivity contribution in [1.29, 1.82) is 0 Å². The summed E-state index contributed by atoms with van der Waals surface area (Å²) in [6, 6.07) is 10.2. The van der Waals surface area contributed by atoms with Crippen LogP contribution in [0, 0.1) is 5.92 Å². The summed E-state index contributed by atoms with van der Waals surface area (Å²) in [5, 5.41) is 5.53. The van der Waals surface area contributed by atoms with Gasteiger partial charge in [-0.1, -0.05) is 13.8 Å². The van der Waals surface area contributed by atoms with Gasteiger partial charge in [0.25, 0.3) is 5.91 Å². The summed E-state index contributed by atoms with van der Waals surface area (Å²) in [6.07, 6.45) is 0.478. The Hall–Kier alpha value is -2.08. The second-order valence-electron chi connectivity index (χ2n) is 5.28. The molecule has 0 bridgehead atoms. The number of furan rings is 1. The SMILES string of the molecule is CC(C)CC(=O)Nc1ccc(NC(=O)c2ccc(Br)o2)cc1. The monoisotopic (exact) mass is 364 g/mol. The van der Waals surface area contributed by atoms with Crippen LogP contribution in [0.15, 0.2) is 45.5 Å². The Bertz CT molecular complexity index is 662. The molecule has 6 heteroatoms. The quantitative estimate of drug-likeness (QED) is 0.831. The smallest absolute Gasteiger partial charge is 0.291 e. The first kappa shape index (κ1) is 16.3. The van der Waals surface area contributed by atoms with E-state index in [1.165, 1.54) is 0 Å². The highest BCUT2D eigenvalue weighted by molar-refractivity contribution is 9.10. The predicted molar refractivity (Wildman–Crippen MR) is 88.9 cm³/mol. The van der Waals surface area contributed by atoms with Crippen molar-refractivity contribution >= 4 is 39.1 Å². The molecule has 0 saturated heterocycles. The first-order valence-corrected chi connectivity index (χ1v) is 7.70. The van der Waals surface area contributed by atoms with Gasteiger partial charge in [-0.25, -0.2) is 0 Å². The van der Waals surface area contributed by atoms with Gasteiger partial charge in [0.2, 0.25) is 5.91 Å². The summed E-state index contributed by atoms with van der Waals surface area (Å²) in [6.45, 7) is 3.98. The molecule has 2 aromatic rings. The molecule has 0 aliphatic rings. The fraction of sp³-hybridized carbons (Fsp3) is 0.250. The highest BCUT2D eigenvalue weighted by Crippen LogP contribution is 2.18. The zero-order chi connectivity index (χ0) is 16.1. The highest BCUT2D eigenvalue weighted by atomic mass is 79.9. The Labute approximate surface area is 137 Å². The second kappa shape index (κ2) is 7.26. The van der Waals surface area contributed by atoms with E-state index in [4.69, 9.17) is 4.42 Å². The minimum Gasteiger partial charge on any atom is -0.444 e. The van der Waals surface area contributed by atoms with Gasteiger partial charge in [-0.15, -0.1) is 0 Å². The van der Waals surface area contributed by atoms with E-state index in [-0.39, 0.29) is 17.6 Å². The van der Waals surface area contributed by atoms with Crippen LogP contribution in [0.1, 0.15) is 30.8 Å². The summed E-state index contributed by atoms with van der Waals surface area (Å²) < 4.78 is 5.68. The van der Waals surface area contributed by atoms with Gasteiger partial charge in [-0.3, -0.25) is 9.59 Å². The Morgan fingerprint density at radius 3 is 2.14 bits per heavy atom. The largest absolute Gasteiger partial charge is 0.444 e. The van der Waals surface area contributed by atoms with Crippen LogP contribution in [-0.4, -0.2) is 11.8 Å². The van der Waals surface area contributed by atoms with Crippen LogP contribution in [0.5, 0.6) is 0 Å². The summed E-state index contributed by atoms with van der Waals surface area (Å²) in [5.74, 6) is 0.182. The summed E-state index contributed by atoms with van der Waals surface area (Å²) in [4.78, 5) is 23.6. The molecule has 0 saturated carbocycles. The summed E-state index contributed by atoms with van der Waals surface area (Å²) in [7, 11) is 0. The lowest BCUT2D eigenvalue weighted by molar-refractivity contribution is -0.116. The van der Waals surface area contributed by atoms with Crippen molar-refractivity contribution < 1.29 is 14.0 Å². The number of carbonyl (C=O) groups excluding carboxylic acids is 2. The molecule has 0 spiro atoms. The van der Waals surface area contributed by atoms with Gasteiger partial charge in [0.15, 0.2) is 10.4 Å². The molecule has 0 atom stereocenters. The molecule has 2 amide bonds. The van der Waals surface area contributed by atoms with Crippen LogP contribution >= 0.6 is 15.9 Å². The molecule has 0 aliphatic carbocycles. The number of rotatable bonds is 5. The average Bonchev–Trinajstić information content (AvgIpc) is 2.87. The molecular formula is C16H17BrN2O3. The van der Waals surface area contributed by atoms with Gasteiger partial charge < -0.3 is 15.1 Å². The number of anilines is 2. The topological polar surface area (TPSA) is 71.3 Å². The Morgan fingerprint density at radius 2 is 1.64 bits per heavy atom. The van der Waals surface area contributed by atoms with Gasteiger partial charge in [0, 0.05) is 17.8 Å². The van der Waals surface area contributed by atoms with Crippen LogP contribution in [0.2, 0.25) is 0 Å². The molecule has 2 rings (SSSR count). The maximum absolute atomic E-state index is 11.9. The lowest BCUT2D eigenvalue weighted by Crippen LogP contribution is -2.14. The Morgan fingerprint density at radius 1 is 1.05 bits per heavy atom. The minimum absolute atomic E-state index is 0.0211. The average molecular weight is 365 g/mol. The minimum atomic E-state index is -0.331. The van der Waals surface area contributed by atoms with E-state index in [1.807, 2.05) is 13.8 Å². The van der Waals surface area contributed by atoms with Crippen molar-refractivity contribution in [3.63, 3.8) is 0 Å². The van der Waals surface area contributed by atoms with Crippen LogP contribution in [0.4, 0.5) is 11.4 Å². The van der Waals surface area contributed by atoms with Crippen molar-refractivity contribution in [3.05, 3.63) is 46.8 Å². The lowest BCUT2D eigenvalue weighted by atomic mass is 10.1. The van der Waals surface area contributed by atoms with E-state index in [1.54, 1.807) is 36.4 Å². The van der Waals surface area contributed by atoms with Crippen LogP contribution in [0.25, 0.3) is 0 Å². The number of halogens is 1. The van der Waals surface area contributed by atoms with Crippen LogP contribution in [0.3, 0.4) is 0 Å². The maximum Gasteiger partial charge on any atom is 0.291 e. The number of nitrogens with one attached hydrogen (secondary N) is 2. The second-order valence-corrected chi connectivity index (χ2v) is 6.06. The van der Waals surface area contributed by atoms with Crippen molar-refractivity contribution in [2.75, 3.05) is 10.6 Å². The van der Waals surface area contributed by atoms with Gasteiger partial charge in [-0.05, 0) is 58.2 Å². The highest BCUT2D eigenvalue weighted by Gasteiger charge is 2.11. The number of hydrogen-bond acceptors (Lipinski definition) is 3. The van der Waals surface area contributed by atoms with Gasteiger partial charge in [0.1, 0.15) is 0 Å². The maximum atomic E-state index is 11.9. The van der Waals surface area contributed by atoms with E-state index in [2.05, 4.69) is 26.6 Å². The van der Waals surface area contributed by atoms with E-state index < -0.39 is 0 Å². The summed E-state index contributed by atoms with van der Waals surface area (Å²) >= 11 is 3.15. The number of carbonyl (C=O) groups is 2. The lowest BCUT2D eigenvalue weighted by Gasteiger charge is -2.08. The molecule has 0 unspecified atom stereocenters. The third-order valence-corrected chi connectivity index (χ3v) is 3.24. The molecule has 22 heavy (non-hydrogen) atoms. The predicted octanol–water partition coefficient (Wildman–Crippen LogP) is 4.28. The molecule has 5 nitrogen and oxygen atoms in total. The molecule has 0 aliphatic heterocycles.